The second kappa shape index (κ2) is 6.76. The Kier molecular flexibility index (Phi) is 5.33. The summed E-state index contributed by atoms with van der Waals surface area (Å²) in [5, 5.41) is 19.8. The molecule has 108 valence electrons. The molecule has 1 aromatic rings. The molecule has 0 aliphatic heterocycles. The van der Waals surface area contributed by atoms with Gasteiger partial charge < -0.3 is 21.3 Å². The highest BCUT2D eigenvalue weighted by Gasteiger charge is 2.22. The van der Waals surface area contributed by atoms with Gasteiger partial charge in [-0.05, 0) is 24.6 Å². The van der Waals surface area contributed by atoms with Crippen LogP contribution in [0.15, 0.2) is 18.2 Å². The summed E-state index contributed by atoms with van der Waals surface area (Å²) >= 11 is 5.83. The van der Waals surface area contributed by atoms with Crippen LogP contribution in [0.4, 0.5) is 5.69 Å². The average Bonchev–Trinajstić information content (AvgIpc) is 2.33. The van der Waals surface area contributed by atoms with Crippen molar-refractivity contribution in [2.45, 2.75) is 18.9 Å². The number of rotatable bonds is 6. The van der Waals surface area contributed by atoms with Gasteiger partial charge >= 0.3 is 11.9 Å². The first-order chi connectivity index (χ1) is 9.31. The molecular weight excluding hydrogens is 288 g/mol. The standard InChI is InChI=1S/C12H13ClN2O5/c13-8-5-6(14)1-2-7(8)11(18)15-9(12(19)20)3-4-10(16)17/h1-2,5,9H,3-4,14H2,(H,15,18)(H,16,17)(H,19,20). The highest BCUT2D eigenvalue weighted by Crippen LogP contribution is 2.19. The summed E-state index contributed by atoms with van der Waals surface area (Å²) in [7, 11) is 0. The van der Waals surface area contributed by atoms with Gasteiger partial charge in [0.15, 0.2) is 0 Å². The predicted molar refractivity (Wildman–Crippen MR) is 71.6 cm³/mol. The monoisotopic (exact) mass is 300 g/mol. The van der Waals surface area contributed by atoms with E-state index in [2.05, 4.69) is 5.32 Å². The van der Waals surface area contributed by atoms with Crippen LogP contribution in [0.3, 0.4) is 0 Å². The maximum Gasteiger partial charge on any atom is 0.326 e. The van der Waals surface area contributed by atoms with Crippen molar-refractivity contribution >= 4 is 35.1 Å². The van der Waals surface area contributed by atoms with E-state index in [1.54, 1.807) is 0 Å². The van der Waals surface area contributed by atoms with E-state index in [1.807, 2.05) is 0 Å². The fourth-order valence-corrected chi connectivity index (χ4v) is 1.75. The van der Waals surface area contributed by atoms with Crippen LogP contribution in [-0.2, 0) is 9.59 Å². The molecule has 0 saturated carbocycles. The summed E-state index contributed by atoms with van der Waals surface area (Å²) < 4.78 is 0. The predicted octanol–water partition coefficient (Wildman–Crippen LogP) is 0.970. The van der Waals surface area contributed by atoms with Gasteiger partial charge in [0.05, 0.1) is 10.6 Å². The molecule has 0 spiro atoms. The van der Waals surface area contributed by atoms with Crippen LogP contribution in [-0.4, -0.2) is 34.1 Å². The van der Waals surface area contributed by atoms with Crippen molar-refractivity contribution in [1.29, 1.82) is 0 Å². The van der Waals surface area contributed by atoms with Gasteiger partial charge in [-0.3, -0.25) is 9.59 Å². The van der Waals surface area contributed by atoms with Crippen LogP contribution in [0, 0.1) is 0 Å². The van der Waals surface area contributed by atoms with Gasteiger partial charge in [-0.25, -0.2) is 4.79 Å². The third-order valence-electron chi connectivity index (χ3n) is 2.49. The number of benzene rings is 1. The Hall–Kier alpha value is -2.28. The van der Waals surface area contributed by atoms with Gasteiger partial charge in [-0.2, -0.15) is 0 Å². The van der Waals surface area contributed by atoms with Gasteiger partial charge in [0.25, 0.3) is 5.91 Å². The van der Waals surface area contributed by atoms with Crippen LogP contribution in [0.25, 0.3) is 0 Å². The minimum absolute atomic E-state index is 0.0717. The maximum atomic E-state index is 11.9. The molecule has 0 aromatic heterocycles. The highest BCUT2D eigenvalue weighted by atomic mass is 35.5. The Labute approximate surface area is 119 Å². The number of nitrogens with two attached hydrogens (primary N) is 1. The van der Waals surface area contributed by atoms with E-state index in [0.29, 0.717) is 5.69 Å². The Bertz CT molecular complexity index is 547. The number of carbonyl (C=O) groups excluding carboxylic acids is 1. The Morgan fingerprint density at radius 2 is 1.95 bits per heavy atom. The molecule has 0 bridgehead atoms. The number of carboxylic acids is 2. The van der Waals surface area contributed by atoms with Gasteiger partial charge in [0.1, 0.15) is 6.04 Å². The lowest BCUT2D eigenvalue weighted by atomic mass is 10.1. The van der Waals surface area contributed by atoms with Crippen molar-refractivity contribution in [2.75, 3.05) is 5.73 Å². The summed E-state index contributed by atoms with van der Waals surface area (Å²) in [6, 6.07) is 2.88. The fourth-order valence-electron chi connectivity index (χ4n) is 1.48. The first kappa shape index (κ1) is 15.8. The first-order valence-corrected chi connectivity index (χ1v) is 5.99. The van der Waals surface area contributed by atoms with E-state index in [4.69, 9.17) is 27.5 Å². The second-order valence-corrected chi connectivity index (χ2v) is 4.44. The van der Waals surface area contributed by atoms with Crippen LogP contribution in [0.5, 0.6) is 0 Å². The lowest BCUT2D eigenvalue weighted by Crippen LogP contribution is -2.41. The molecule has 0 aliphatic rings. The third-order valence-corrected chi connectivity index (χ3v) is 2.80. The molecule has 0 fully saturated rings. The molecule has 7 nitrogen and oxygen atoms in total. The maximum absolute atomic E-state index is 11.9. The number of hydrogen-bond acceptors (Lipinski definition) is 4. The lowest BCUT2D eigenvalue weighted by Gasteiger charge is -2.14. The second-order valence-electron chi connectivity index (χ2n) is 4.04. The van der Waals surface area contributed by atoms with Gasteiger partial charge in [0, 0.05) is 12.1 Å². The molecule has 1 aromatic carbocycles. The number of carboxylic acid groups (broad SMARTS) is 2. The Morgan fingerprint density at radius 3 is 2.45 bits per heavy atom. The number of nitrogen functional groups attached to an aromatic ring is 1. The summed E-state index contributed by atoms with van der Waals surface area (Å²) in [6.45, 7) is 0. The topological polar surface area (TPSA) is 130 Å². The lowest BCUT2D eigenvalue weighted by molar-refractivity contribution is -0.140. The van der Waals surface area contributed by atoms with Gasteiger partial charge in [-0.1, -0.05) is 11.6 Å². The van der Waals surface area contributed by atoms with Crippen LogP contribution in [0.2, 0.25) is 5.02 Å². The molecule has 0 aliphatic carbocycles. The summed E-state index contributed by atoms with van der Waals surface area (Å²) in [4.78, 5) is 33.3. The minimum Gasteiger partial charge on any atom is -0.481 e. The van der Waals surface area contributed by atoms with Gasteiger partial charge in [-0.15, -0.1) is 0 Å². The zero-order valence-corrected chi connectivity index (χ0v) is 11.1. The van der Waals surface area contributed by atoms with Crippen LogP contribution < -0.4 is 11.1 Å². The SMILES string of the molecule is Nc1ccc(C(=O)NC(CCC(=O)O)C(=O)O)c(Cl)c1. The number of amides is 1. The van der Waals surface area contributed by atoms with Crippen molar-refractivity contribution < 1.29 is 24.6 Å². The molecular formula is C12H13ClN2O5. The largest absolute Gasteiger partial charge is 0.481 e. The van der Waals surface area contributed by atoms with E-state index in [-0.39, 0.29) is 23.4 Å². The Balaban J connectivity index is 2.80. The van der Waals surface area contributed by atoms with E-state index < -0.39 is 23.9 Å². The highest BCUT2D eigenvalue weighted by molar-refractivity contribution is 6.34. The minimum atomic E-state index is -1.31. The van der Waals surface area contributed by atoms with Crippen LogP contribution >= 0.6 is 11.6 Å². The number of anilines is 1. The van der Waals surface area contributed by atoms with E-state index in [0.717, 1.165) is 0 Å². The summed E-state index contributed by atoms with van der Waals surface area (Å²) in [5.41, 5.74) is 5.92. The normalized spacial score (nSPS) is 11.7. The zero-order valence-electron chi connectivity index (χ0n) is 10.3. The molecule has 0 saturated heterocycles. The van der Waals surface area contributed by atoms with Gasteiger partial charge in [0.2, 0.25) is 0 Å². The molecule has 0 heterocycles. The zero-order chi connectivity index (χ0) is 15.3. The first-order valence-electron chi connectivity index (χ1n) is 5.61. The van der Waals surface area contributed by atoms with Crippen molar-refractivity contribution in [3.63, 3.8) is 0 Å². The van der Waals surface area contributed by atoms with E-state index >= 15 is 0 Å². The molecule has 1 amide bonds. The number of hydrogen-bond donors (Lipinski definition) is 4. The quantitative estimate of drug-likeness (QED) is 0.579. The van der Waals surface area contributed by atoms with Crippen molar-refractivity contribution in [3.05, 3.63) is 28.8 Å². The van der Waals surface area contributed by atoms with E-state index in [9.17, 15) is 14.4 Å². The van der Waals surface area contributed by atoms with Crippen molar-refractivity contribution in [3.8, 4) is 0 Å². The Morgan fingerprint density at radius 1 is 1.30 bits per heavy atom. The number of halogens is 1. The molecule has 5 N–H and O–H groups in total. The number of aliphatic carboxylic acids is 2. The molecule has 1 unspecified atom stereocenters. The number of nitrogens with one attached hydrogen (secondary N) is 1. The molecule has 20 heavy (non-hydrogen) atoms. The van der Waals surface area contributed by atoms with Crippen molar-refractivity contribution in [1.82, 2.24) is 5.32 Å². The molecule has 1 atom stereocenters. The summed E-state index contributed by atoms with van der Waals surface area (Å²) in [6.07, 6.45) is -0.588. The molecule has 0 radical (unpaired) electrons. The molecule has 8 heteroatoms. The van der Waals surface area contributed by atoms with Crippen molar-refractivity contribution in [2.24, 2.45) is 0 Å². The fraction of sp³-hybridized carbons (Fsp3) is 0.250. The summed E-state index contributed by atoms with van der Waals surface area (Å²) in [5.74, 6) is -3.16. The third kappa shape index (κ3) is 4.43. The number of carbonyl (C=O) groups is 3. The average molecular weight is 301 g/mol. The smallest absolute Gasteiger partial charge is 0.326 e. The van der Waals surface area contributed by atoms with Crippen LogP contribution in [0.1, 0.15) is 23.2 Å². The van der Waals surface area contributed by atoms with E-state index in [1.165, 1.54) is 18.2 Å². The molecule has 1 rings (SSSR count).